The van der Waals surface area contributed by atoms with Crippen LogP contribution in [0.2, 0.25) is 0 Å². The Morgan fingerprint density at radius 2 is 2.14 bits per heavy atom. The summed E-state index contributed by atoms with van der Waals surface area (Å²) in [7, 11) is 0. The highest BCUT2D eigenvalue weighted by Gasteiger charge is 2.33. The number of thiazole rings is 1. The lowest BCUT2D eigenvalue weighted by molar-refractivity contribution is -0.130. The molecule has 2 aromatic rings. The third-order valence-corrected chi connectivity index (χ3v) is 5.23. The van der Waals surface area contributed by atoms with Crippen LogP contribution < -0.4 is 5.32 Å². The van der Waals surface area contributed by atoms with Crippen LogP contribution in [0, 0.1) is 0 Å². The zero-order valence-electron chi connectivity index (χ0n) is 13.4. The van der Waals surface area contributed by atoms with Crippen LogP contribution in [0.3, 0.4) is 0 Å². The second-order valence-corrected chi connectivity index (χ2v) is 7.43. The minimum Gasteiger partial charge on any atom is -0.339 e. The molecule has 1 N–H and O–H groups in total. The van der Waals surface area contributed by atoms with Crippen LogP contribution in [-0.4, -0.2) is 40.5 Å². The Morgan fingerprint density at radius 3 is 2.82 bits per heavy atom. The summed E-state index contributed by atoms with van der Waals surface area (Å²) in [6, 6.07) is 8.73. The molecule has 1 aromatic carbocycles. The predicted molar refractivity (Wildman–Crippen MR) is 91.2 cm³/mol. The van der Waals surface area contributed by atoms with Gasteiger partial charge in [-0.2, -0.15) is 0 Å². The maximum atomic E-state index is 12.3. The minimum absolute atomic E-state index is 0.0354. The van der Waals surface area contributed by atoms with Crippen LogP contribution in [0.25, 0.3) is 10.2 Å². The Balaban J connectivity index is 1.61. The number of benzene rings is 1. The summed E-state index contributed by atoms with van der Waals surface area (Å²) >= 11 is 1.74. The lowest BCUT2D eigenvalue weighted by Crippen LogP contribution is -2.44. The zero-order chi connectivity index (χ0) is 15.7. The lowest BCUT2D eigenvalue weighted by atomic mass is 10.2. The average molecular weight is 317 g/mol. The predicted octanol–water partition coefficient (Wildman–Crippen LogP) is 2.83. The van der Waals surface area contributed by atoms with Gasteiger partial charge in [0.05, 0.1) is 21.3 Å². The van der Waals surface area contributed by atoms with Crippen LogP contribution in [0.4, 0.5) is 0 Å². The zero-order valence-corrected chi connectivity index (χ0v) is 14.2. The first-order valence-corrected chi connectivity index (χ1v) is 8.77. The maximum absolute atomic E-state index is 12.3. The van der Waals surface area contributed by atoms with E-state index in [0.29, 0.717) is 6.04 Å². The molecular formula is C17H23N3OS. The van der Waals surface area contributed by atoms with Crippen molar-refractivity contribution in [2.75, 3.05) is 6.54 Å². The van der Waals surface area contributed by atoms with Crippen molar-refractivity contribution in [2.45, 2.75) is 51.7 Å². The molecule has 3 rings (SSSR count). The maximum Gasteiger partial charge on any atom is 0.240 e. The van der Waals surface area contributed by atoms with Crippen molar-refractivity contribution >= 4 is 27.5 Å². The molecule has 0 spiro atoms. The molecule has 118 valence electrons. The topological polar surface area (TPSA) is 45.2 Å². The van der Waals surface area contributed by atoms with Gasteiger partial charge in [0.1, 0.15) is 0 Å². The molecule has 1 fully saturated rings. The minimum atomic E-state index is -0.0354. The second kappa shape index (κ2) is 6.34. The van der Waals surface area contributed by atoms with Crippen molar-refractivity contribution in [1.82, 2.24) is 15.2 Å². The van der Waals surface area contributed by atoms with Crippen molar-refractivity contribution < 1.29 is 4.79 Å². The highest BCUT2D eigenvalue weighted by Crippen LogP contribution is 2.23. The van der Waals surface area contributed by atoms with Crippen molar-refractivity contribution in [3.8, 4) is 0 Å². The van der Waals surface area contributed by atoms with Gasteiger partial charge in [-0.1, -0.05) is 12.1 Å². The fourth-order valence-electron chi connectivity index (χ4n) is 3.04. The Labute approximate surface area is 135 Å². The molecule has 1 aliphatic rings. The number of para-hydroxylation sites is 1. The lowest BCUT2D eigenvalue weighted by Gasteiger charge is -2.22. The molecular weight excluding hydrogens is 294 g/mol. The van der Waals surface area contributed by atoms with E-state index < -0.39 is 0 Å². The SMILES string of the molecule is CC(C)N1CC[C@H](N[C@H](C)Cc2nc3ccccc3s2)C1=O. The standard InChI is InChI=1S/C17H23N3OS/c1-11(2)20-9-8-14(17(20)21)18-12(3)10-16-19-13-6-4-5-7-15(13)22-16/h4-7,11-12,14,18H,8-10H2,1-3H3/t12-,14+/m1/s1. The molecule has 1 amide bonds. The molecule has 0 radical (unpaired) electrons. The third kappa shape index (κ3) is 3.15. The van der Waals surface area contributed by atoms with E-state index in [4.69, 9.17) is 0 Å². The number of hydrogen-bond donors (Lipinski definition) is 1. The summed E-state index contributed by atoms with van der Waals surface area (Å²) in [5, 5.41) is 4.61. The highest BCUT2D eigenvalue weighted by molar-refractivity contribution is 7.18. The van der Waals surface area contributed by atoms with E-state index in [1.807, 2.05) is 17.0 Å². The number of likely N-dealkylation sites (tertiary alicyclic amines) is 1. The van der Waals surface area contributed by atoms with E-state index in [0.717, 1.165) is 29.9 Å². The van der Waals surface area contributed by atoms with Gasteiger partial charge in [-0.05, 0) is 39.3 Å². The number of hydrogen-bond acceptors (Lipinski definition) is 4. The van der Waals surface area contributed by atoms with E-state index >= 15 is 0 Å². The number of rotatable bonds is 5. The first kappa shape index (κ1) is 15.4. The first-order chi connectivity index (χ1) is 10.5. The highest BCUT2D eigenvalue weighted by atomic mass is 32.1. The molecule has 0 aliphatic carbocycles. The molecule has 22 heavy (non-hydrogen) atoms. The largest absolute Gasteiger partial charge is 0.339 e. The Kier molecular flexibility index (Phi) is 4.45. The van der Waals surface area contributed by atoms with Crippen molar-refractivity contribution in [2.24, 2.45) is 0 Å². The molecule has 5 heteroatoms. The van der Waals surface area contributed by atoms with E-state index in [1.165, 1.54) is 4.70 Å². The number of carbonyl (C=O) groups is 1. The Hall–Kier alpha value is -1.46. The van der Waals surface area contributed by atoms with Gasteiger partial charge in [0.2, 0.25) is 5.91 Å². The van der Waals surface area contributed by atoms with Gasteiger partial charge in [-0.25, -0.2) is 4.98 Å². The van der Waals surface area contributed by atoms with Crippen LogP contribution >= 0.6 is 11.3 Å². The Bertz CT molecular complexity index is 634. The normalized spacial score (nSPS) is 20.3. The van der Waals surface area contributed by atoms with Crippen molar-refractivity contribution in [1.29, 1.82) is 0 Å². The average Bonchev–Trinajstić information content (AvgIpc) is 3.02. The molecule has 0 unspecified atom stereocenters. The Morgan fingerprint density at radius 1 is 1.36 bits per heavy atom. The molecule has 0 bridgehead atoms. The van der Waals surface area contributed by atoms with Crippen LogP contribution in [0.1, 0.15) is 32.2 Å². The number of amides is 1. The van der Waals surface area contributed by atoms with E-state index in [-0.39, 0.29) is 18.0 Å². The van der Waals surface area contributed by atoms with Gasteiger partial charge in [0.25, 0.3) is 0 Å². The molecule has 2 atom stereocenters. The molecule has 2 heterocycles. The molecule has 1 aromatic heterocycles. The van der Waals surface area contributed by atoms with E-state index in [1.54, 1.807) is 11.3 Å². The smallest absolute Gasteiger partial charge is 0.240 e. The van der Waals surface area contributed by atoms with Crippen LogP contribution in [-0.2, 0) is 11.2 Å². The van der Waals surface area contributed by atoms with Crippen LogP contribution in [0.15, 0.2) is 24.3 Å². The summed E-state index contributed by atoms with van der Waals surface area (Å²) in [4.78, 5) is 19.0. The van der Waals surface area contributed by atoms with Crippen molar-refractivity contribution in [3.63, 3.8) is 0 Å². The summed E-state index contributed by atoms with van der Waals surface area (Å²) in [6.45, 7) is 7.15. The van der Waals surface area contributed by atoms with E-state index in [9.17, 15) is 4.79 Å². The van der Waals surface area contributed by atoms with Gasteiger partial charge >= 0.3 is 0 Å². The number of nitrogens with one attached hydrogen (secondary N) is 1. The number of nitrogens with zero attached hydrogens (tertiary/aromatic N) is 2. The van der Waals surface area contributed by atoms with Gasteiger partial charge in [-0.3, -0.25) is 4.79 Å². The summed E-state index contributed by atoms with van der Waals surface area (Å²) in [6.07, 6.45) is 1.77. The number of carbonyl (C=O) groups excluding carboxylic acids is 1. The van der Waals surface area contributed by atoms with Crippen LogP contribution in [0.5, 0.6) is 0 Å². The third-order valence-electron chi connectivity index (χ3n) is 4.17. The quantitative estimate of drug-likeness (QED) is 0.922. The van der Waals surface area contributed by atoms with Gasteiger partial charge in [0.15, 0.2) is 0 Å². The molecule has 0 saturated carbocycles. The van der Waals surface area contributed by atoms with Gasteiger partial charge < -0.3 is 10.2 Å². The van der Waals surface area contributed by atoms with Crippen molar-refractivity contribution in [3.05, 3.63) is 29.3 Å². The fraction of sp³-hybridized carbons (Fsp3) is 0.529. The molecule has 4 nitrogen and oxygen atoms in total. The monoisotopic (exact) mass is 317 g/mol. The number of aromatic nitrogens is 1. The summed E-state index contributed by atoms with van der Waals surface area (Å²) < 4.78 is 1.23. The molecule has 1 saturated heterocycles. The second-order valence-electron chi connectivity index (χ2n) is 6.31. The van der Waals surface area contributed by atoms with Gasteiger partial charge in [0, 0.05) is 25.0 Å². The summed E-state index contributed by atoms with van der Waals surface area (Å²) in [5.74, 6) is 0.242. The van der Waals surface area contributed by atoms with Gasteiger partial charge in [-0.15, -0.1) is 11.3 Å². The number of fused-ring (bicyclic) bond motifs is 1. The fourth-order valence-corrected chi connectivity index (χ4v) is 4.14. The summed E-state index contributed by atoms with van der Waals surface area (Å²) in [5.41, 5.74) is 1.07. The first-order valence-electron chi connectivity index (χ1n) is 7.95. The van der Waals surface area contributed by atoms with E-state index in [2.05, 4.69) is 43.2 Å². The molecule has 1 aliphatic heterocycles.